The predicted molar refractivity (Wildman–Crippen MR) is 64.0 cm³/mol. The smallest absolute Gasteiger partial charge is 0.677 e. The van der Waals surface area contributed by atoms with Gasteiger partial charge in [0.05, 0.1) is 0 Å². The Hall–Kier alpha value is 0.358. The van der Waals surface area contributed by atoms with E-state index < -0.39 is 10.4 Å². The molecule has 0 radical (unpaired) electrons. The Morgan fingerprint density at radius 3 is 0.941 bits per heavy atom. The van der Waals surface area contributed by atoms with Gasteiger partial charge in [0.1, 0.15) is 0 Å². The van der Waals surface area contributed by atoms with E-state index in [4.69, 9.17) is 29.0 Å². The summed E-state index contributed by atoms with van der Waals surface area (Å²) in [4.78, 5) is 0. The summed E-state index contributed by atoms with van der Waals surface area (Å²) in [5, 5.41) is 0. The molecule has 0 rings (SSSR count). The molecule has 0 amide bonds. The molecule has 10 N–H and O–H groups in total. The molecule has 17 heavy (non-hydrogen) atoms. The van der Waals surface area contributed by atoms with Crippen molar-refractivity contribution in [3.63, 3.8) is 0 Å². The van der Waals surface area contributed by atoms with Crippen molar-refractivity contribution in [2.75, 3.05) is 13.1 Å². The second-order valence-electron chi connectivity index (χ2n) is 1.95. The molecule has 0 aliphatic carbocycles. The number of hydrogen-bond donors (Lipinski definition) is 2. The summed E-state index contributed by atoms with van der Waals surface area (Å²) in [6, 6.07) is 0. The Morgan fingerprint density at radius 2 is 0.941 bits per heavy atom. The van der Waals surface area contributed by atoms with Crippen LogP contribution >= 0.6 is 0 Å². The van der Waals surface area contributed by atoms with E-state index in [1.54, 1.807) is 0 Å². The first-order chi connectivity index (χ1) is 5.83. The quantitative estimate of drug-likeness (QED) is 0.530. The van der Waals surface area contributed by atoms with Crippen LogP contribution in [0.2, 0.25) is 0 Å². The number of rotatable bonds is 2. The van der Waals surface area contributed by atoms with Crippen LogP contribution in [0.5, 0.6) is 0 Å². The topological polar surface area (TPSA) is 217 Å². The van der Waals surface area contributed by atoms with Crippen LogP contribution in [0.4, 0.5) is 0 Å². The Morgan fingerprint density at radius 1 is 0.882 bits per heavy atom. The van der Waals surface area contributed by atoms with Gasteiger partial charge in [0.2, 0.25) is 0 Å². The van der Waals surface area contributed by atoms with Gasteiger partial charge in [-0.05, 0) is 0 Å². The second-order valence-corrected chi connectivity index (χ2v) is 2.84. The normalized spacial score (nSPS) is 6.94. The molecule has 0 aromatic heterocycles. The van der Waals surface area contributed by atoms with E-state index in [9.17, 15) is 0 Å². The van der Waals surface area contributed by atoms with Crippen molar-refractivity contribution in [2.45, 2.75) is 26.7 Å². The first kappa shape index (κ1) is 43.3. The maximum Gasteiger partial charge on any atom is 2.00 e. The van der Waals surface area contributed by atoms with Crippen molar-refractivity contribution >= 4 is 10.4 Å². The third-order valence-corrected chi connectivity index (χ3v) is 0.500. The predicted octanol–water partition coefficient (Wildman–Crippen LogP) is -0.232. The van der Waals surface area contributed by atoms with Gasteiger partial charge in [-0.1, -0.05) is 26.7 Å². The molecule has 116 valence electrons. The molecule has 0 aromatic carbocycles. The fourth-order valence-corrected chi connectivity index (χ4v) is 0. The Balaban J connectivity index is -0.0000000159. The van der Waals surface area contributed by atoms with Crippen molar-refractivity contribution in [3.05, 3.63) is 11.5 Å². The van der Waals surface area contributed by atoms with Crippen LogP contribution in [0, 0.1) is 0 Å². The molecule has 0 saturated carbocycles. The molecule has 0 bridgehead atoms. The molecular weight excluding hydrogens is 439 g/mol. The van der Waals surface area contributed by atoms with E-state index in [0.717, 1.165) is 12.8 Å². The fraction of sp³-hybridized carbons (Fsp3) is 1.00. The SMILES string of the molecule is CCC[NH-].CCC[NH-].O.O.O.O=S(=O)(O)O.[Pt+2]. The summed E-state index contributed by atoms with van der Waals surface area (Å²) in [6.07, 6.45) is 1.97. The first-order valence-electron chi connectivity index (χ1n) is 3.82. The van der Waals surface area contributed by atoms with Gasteiger partial charge in [0, 0.05) is 0 Å². The second kappa shape index (κ2) is 36.0. The van der Waals surface area contributed by atoms with Crippen LogP contribution in [-0.4, -0.2) is 47.0 Å². The summed E-state index contributed by atoms with van der Waals surface area (Å²) >= 11 is 0. The molecule has 0 aromatic rings. The molecule has 9 nitrogen and oxygen atoms in total. The molecule has 11 heteroatoms. The van der Waals surface area contributed by atoms with Crippen LogP contribution in [0.3, 0.4) is 0 Å². The van der Waals surface area contributed by atoms with Crippen LogP contribution in [-0.2, 0) is 31.5 Å². The minimum Gasteiger partial charge on any atom is -0.677 e. The van der Waals surface area contributed by atoms with Gasteiger partial charge in [0.15, 0.2) is 0 Å². The average Bonchev–Trinajstić information content (AvgIpc) is 2.01. The Labute approximate surface area is 117 Å². The van der Waals surface area contributed by atoms with Crippen LogP contribution in [0.1, 0.15) is 26.7 Å². The van der Waals surface area contributed by atoms with Crippen molar-refractivity contribution in [2.24, 2.45) is 0 Å². The van der Waals surface area contributed by atoms with E-state index in [-0.39, 0.29) is 37.5 Å². The summed E-state index contributed by atoms with van der Waals surface area (Å²) < 4.78 is 31.6. The standard InChI is InChI=1S/2C3H8N.H2O4S.3H2O.Pt/c2*1-2-3-4;1-5(2,3)4;;;;/h2*4H,2-3H2,1H3;(H2,1,2,3,4);3*1H2;/q2*-1;;;;;+2. The maximum absolute atomic E-state index is 8.74. The summed E-state index contributed by atoms with van der Waals surface area (Å²) in [6.45, 7) is 5.12. The van der Waals surface area contributed by atoms with Gasteiger partial charge >= 0.3 is 31.5 Å². The van der Waals surface area contributed by atoms with E-state index >= 15 is 0 Å². The molecule has 0 aliphatic heterocycles. The minimum atomic E-state index is -4.67. The zero-order valence-electron chi connectivity index (χ0n) is 9.76. The van der Waals surface area contributed by atoms with Crippen LogP contribution in [0.25, 0.3) is 11.5 Å². The summed E-state index contributed by atoms with van der Waals surface area (Å²) in [7, 11) is -4.67. The zero-order valence-corrected chi connectivity index (χ0v) is 12.9. The van der Waals surface area contributed by atoms with Gasteiger partial charge < -0.3 is 27.9 Å². The van der Waals surface area contributed by atoms with Crippen molar-refractivity contribution in [3.8, 4) is 0 Å². The van der Waals surface area contributed by atoms with Crippen LogP contribution < -0.4 is 0 Å². The van der Waals surface area contributed by atoms with E-state index in [0.29, 0.717) is 13.1 Å². The van der Waals surface area contributed by atoms with Crippen molar-refractivity contribution in [1.82, 2.24) is 0 Å². The van der Waals surface area contributed by atoms with Gasteiger partial charge in [-0.15, -0.1) is 0 Å². The van der Waals surface area contributed by atoms with E-state index in [2.05, 4.69) is 0 Å². The number of nitrogens with one attached hydrogen (secondary N) is 2. The monoisotopic (exact) mass is 463 g/mol. The van der Waals surface area contributed by atoms with Crippen molar-refractivity contribution < 1.29 is 55.0 Å². The van der Waals surface area contributed by atoms with E-state index in [1.165, 1.54) is 0 Å². The molecule has 0 heterocycles. The van der Waals surface area contributed by atoms with Crippen molar-refractivity contribution in [1.29, 1.82) is 0 Å². The van der Waals surface area contributed by atoms with Gasteiger partial charge in [0.25, 0.3) is 0 Å². The largest absolute Gasteiger partial charge is 2.00 e. The molecule has 0 unspecified atom stereocenters. The van der Waals surface area contributed by atoms with Gasteiger partial charge in [-0.3, -0.25) is 9.11 Å². The molecule has 0 saturated heterocycles. The minimum absolute atomic E-state index is 0. The van der Waals surface area contributed by atoms with Gasteiger partial charge in [-0.25, -0.2) is 0 Å². The maximum atomic E-state index is 8.74. The van der Waals surface area contributed by atoms with Gasteiger partial charge in [-0.2, -0.15) is 21.5 Å². The molecule has 0 aliphatic rings. The molecule has 0 fully saturated rings. The fourth-order valence-electron chi connectivity index (χ4n) is 0. The third-order valence-electron chi connectivity index (χ3n) is 0.500. The van der Waals surface area contributed by atoms with E-state index in [1.807, 2.05) is 13.8 Å². The molecule has 0 spiro atoms. The summed E-state index contributed by atoms with van der Waals surface area (Å²) in [5.74, 6) is 0. The Bertz CT molecular complexity index is 152. The summed E-state index contributed by atoms with van der Waals surface area (Å²) in [5.41, 5.74) is 12.9. The molecule has 0 atom stereocenters. The zero-order chi connectivity index (χ0) is 11.3. The molecular formula is C6H24N2O7PtS. The van der Waals surface area contributed by atoms with Crippen LogP contribution in [0.15, 0.2) is 0 Å². The first-order valence-corrected chi connectivity index (χ1v) is 5.22. The average molecular weight is 463 g/mol. The third kappa shape index (κ3) is 606. The Kier molecular flexibility index (Phi) is 91.6. The number of hydrogen-bond acceptors (Lipinski definition) is 2.